The molecule has 0 unspecified atom stereocenters. The van der Waals surface area contributed by atoms with E-state index in [2.05, 4.69) is 45.0 Å². The molecular formula is C18H23N5OS. The smallest absolute Gasteiger partial charge is 0.230 e. The van der Waals surface area contributed by atoms with E-state index in [9.17, 15) is 4.79 Å². The lowest BCUT2D eigenvalue weighted by molar-refractivity contribution is -0.120. The predicted octanol–water partition coefficient (Wildman–Crippen LogP) is 3.40. The van der Waals surface area contributed by atoms with Gasteiger partial charge in [-0.2, -0.15) is 0 Å². The Morgan fingerprint density at radius 1 is 1.24 bits per heavy atom. The molecule has 0 spiro atoms. The molecule has 2 aromatic heterocycles. The fourth-order valence-electron chi connectivity index (χ4n) is 2.70. The lowest BCUT2D eigenvalue weighted by Crippen LogP contribution is -2.43. The van der Waals surface area contributed by atoms with Gasteiger partial charge in [0, 0.05) is 17.5 Å². The number of carbonyl (C=O) groups excluding carboxylic acids is 1. The summed E-state index contributed by atoms with van der Waals surface area (Å²) >= 11 is 1.31. The van der Waals surface area contributed by atoms with Gasteiger partial charge < -0.3 is 9.88 Å². The molecule has 3 aromatic rings. The lowest BCUT2D eigenvalue weighted by Gasteiger charge is -2.24. The van der Waals surface area contributed by atoms with Crippen LogP contribution in [-0.4, -0.2) is 36.9 Å². The van der Waals surface area contributed by atoms with E-state index in [-0.39, 0.29) is 17.2 Å². The summed E-state index contributed by atoms with van der Waals surface area (Å²) in [6.07, 6.45) is 0.879. The van der Waals surface area contributed by atoms with Crippen LogP contribution in [-0.2, 0) is 11.3 Å². The number of nitrogens with one attached hydrogen (secondary N) is 1. The Morgan fingerprint density at radius 3 is 2.72 bits per heavy atom. The van der Waals surface area contributed by atoms with Gasteiger partial charge in [-0.05, 0) is 33.3 Å². The van der Waals surface area contributed by atoms with Gasteiger partial charge in [-0.3, -0.25) is 4.79 Å². The van der Waals surface area contributed by atoms with Crippen molar-refractivity contribution in [3.63, 3.8) is 0 Å². The Balaban J connectivity index is 1.84. The van der Waals surface area contributed by atoms with Crippen LogP contribution in [0.25, 0.3) is 22.1 Å². The molecule has 0 aliphatic heterocycles. The number of aryl methyl sites for hydroxylation is 1. The van der Waals surface area contributed by atoms with Gasteiger partial charge in [0.15, 0.2) is 5.65 Å². The molecule has 1 aromatic carbocycles. The zero-order valence-corrected chi connectivity index (χ0v) is 15.9. The average molecular weight is 357 g/mol. The van der Waals surface area contributed by atoms with Crippen LogP contribution < -0.4 is 5.32 Å². The standard InChI is InChI=1S/C18H23N5OS/c1-5-18(3,4)20-14(24)11-25-17-19-16-15(21-22-17)12-9-7-8-10-13(12)23(16)6-2/h7-10H,5-6,11H2,1-4H3,(H,20,24). The van der Waals surface area contributed by atoms with Crippen molar-refractivity contribution in [3.8, 4) is 0 Å². The van der Waals surface area contributed by atoms with E-state index in [1.165, 1.54) is 11.8 Å². The maximum absolute atomic E-state index is 12.1. The third-order valence-electron chi connectivity index (χ3n) is 4.36. The average Bonchev–Trinajstić information content (AvgIpc) is 2.92. The number of carbonyl (C=O) groups is 1. The number of hydrogen-bond donors (Lipinski definition) is 1. The van der Waals surface area contributed by atoms with Crippen LogP contribution in [0.1, 0.15) is 34.1 Å². The minimum absolute atomic E-state index is 0.0171. The van der Waals surface area contributed by atoms with Crippen LogP contribution in [0.15, 0.2) is 29.4 Å². The molecule has 0 bridgehead atoms. The maximum Gasteiger partial charge on any atom is 0.230 e. The Kier molecular flexibility index (Phi) is 4.94. The van der Waals surface area contributed by atoms with Gasteiger partial charge >= 0.3 is 0 Å². The van der Waals surface area contributed by atoms with Crippen molar-refractivity contribution in [2.75, 3.05) is 5.75 Å². The highest BCUT2D eigenvalue weighted by Crippen LogP contribution is 2.26. The summed E-state index contributed by atoms with van der Waals surface area (Å²) in [5, 5.41) is 13.2. The van der Waals surface area contributed by atoms with Crippen LogP contribution in [0.2, 0.25) is 0 Å². The first-order chi connectivity index (χ1) is 11.9. The number of thioether (sulfide) groups is 1. The van der Waals surface area contributed by atoms with Crippen molar-refractivity contribution < 1.29 is 4.79 Å². The van der Waals surface area contributed by atoms with Crippen molar-refractivity contribution in [1.29, 1.82) is 0 Å². The Labute approximate surface area is 151 Å². The number of aromatic nitrogens is 4. The highest BCUT2D eigenvalue weighted by molar-refractivity contribution is 7.99. The van der Waals surface area contributed by atoms with Gasteiger partial charge in [-0.25, -0.2) is 4.98 Å². The Morgan fingerprint density at radius 2 is 2.00 bits per heavy atom. The fraction of sp³-hybridized carbons (Fsp3) is 0.444. The van der Waals surface area contributed by atoms with Crippen molar-refractivity contribution in [2.45, 2.75) is 51.4 Å². The van der Waals surface area contributed by atoms with E-state index >= 15 is 0 Å². The first-order valence-electron chi connectivity index (χ1n) is 8.50. The monoisotopic (exact) mass is 357 g/mol. The van der Waals surface area contributed by atoms with Crippen LogP contribution in [0.3, 0.4) is 0 Å². The minimum atomic E-state index is -0.199. The summed E-state index contributed by atoms with van der Waals surface area (Å²) in [4.78, 5) is 16.7. The Hall–Kier alpha value is -2.15. The summed E-state index contributed by atoms with van der Waals surface area (Å²) in [7, 11) is 0. The predicted molar refractivity (Wildman–Crippen MR) is 102 cm³/mol. The molecular weight excluding hydrogens is 334 g/mol. The number of para-hydroxylation sites is 1. The van der Waals surface area contributed by atoms with Gasteiger partial charge in [-0.1, -0.05) is 36.9 Å². The van der Waals surface area contributed by atoms with E-state index in [1.807, 2.05) is 32.0 Å². The van der Waals surface area contributed by atoms with E-state index < -0.39 is 0 Å². The molecule has 0 aliphatic rings. The molecule has 3 rings (SSSR count). The summed E-state index contributed by atoms with van der Waals surface area (Å²) in [6.45, 7) is 8.97. The molecule has 1 N–H and O–H groups in total. The third kappa shape index (κ3) is 3.61. The number of rotatable bonds is 6. The molecule has 2 heterocycles. The van der Waals surface area contributed by atoms with Gasteiger partial charge in [-0.15, -0.1) is 10.2 Å². The van der Waals surface area contributed by atoms with Crippen LogP contribution in [0, 0.1) is 0 Å². The van der Waals surface area contributed by atoms with Gasteiger partial charge in [0.05, 0.1) is 11.3 Å². The molecule has 25 heavy (non-hydrogen) atoms. The number of nitrogens with zero attached hydrogens (tertiary/aromatic N) is 4. The van der Waals surface area contributed by atoms with Gasteiger partial charge in [0.2, 0.25) is 11.1 Å². The zero-order chi connectivity index (χ0) is 18.0. The minimum Gasteiger partial charge on any atom is -0.351 e. The molecule has 0 saturated heterocycles. The second-order valence-corrected chi connectivity index (χ2v) is 7.54. The van der Waals surface area contributed by atoms with Gasteiger partial charge in [0.25, 0.3) is 0 Å². The molecule has 0 saturated carbocycles. The molecule has 1 amide bonds. The van der Waals surface area contributed by atoms with Crippen molar-refractivity contribution in [3.05, 3.63) is 24.3 Å². The normalized spacial score (nSPS) is 12.0. The maximum atomic E-state index is 12.1. The van der Waals surface area contributed by atoms with Gasteiger partial charge in [0.1, 0.15) is 5.52 Å². The fourth-order valence-corrected chi connectivity index (χ4v) is 3.28. The number of fused-ring (bicyclic) bond motifs is 3. The van der Waals surface area contributed by atoms with Crippen LogP contribution in [0.5, 0.6) is 0 Å². The van der Waals surface area contributed by atoms with Crippen molar-refractivity contribution in [2.24, 2.45) is 0 Å². The highest BCUT2D eigenvalue weighted by atomic mass is 32.2. The van der Waals surface area contributed by atoms with E-state index in [4.69, 9.17) is 0 Å². The summed E-state index contributed by atoms with van der Waals surface area (Å²) < 4.78 is 2.13. The summed E-state index contributed by atoms with van der Waals surface area (Å²) in [5.74, 6) is 0.264. The molecule has 132 valence electrons. The Bertz CT molecular complexity index is 918. The molecule has 0 fully saturated rings. The van der Waals surface area contributed by atoms with E-state index in [1.54, 1.807) is 0 Å². The highest BCUT2D eigenvalue weighted by Gasteiger charge is 2.19. The molecule has 0 aliphatic carbocycles. The molecule has 7 heteroatoms. The molecule has 0 atom stereocenters. The van der Waals surface area contributed by atoms with E-state index in [0.717, 1.165) is 35.0 Å². The zero-order valence-electron chi connectivity index (χ0n) is 15.0. The number of benzene rings is 1. The van der Waals surface area contributed by atoms with Crippen molar-refractivity contribution >= 4 is 39.7 Å². The van der Waals surface area contributed by atoms with Crippen molar-refractivity contribution in [1.82, 2.24) is 25.1 Å². The van der Waals surface area contributed by atoms with Crippen LogP contribution >= 0.6 is 11.8 Å². The van der Waals surface area contributed by atoms with Crippen LogP contribution in [0.4, 0.5) is 0 Å². The second kappa shape index (κ2) is 7.00. The number of amides is 1. The first kappa shape index (κ1) is 17.7. The third-order valence-corrected chi connectivity index (χ3v) is 5.20. The SMILES string of the molecule is CCn1c2ccccc2c2nnc(SCC(=O)NC(C)(C)CC)nc21. The number of hydrogen-bond acceptors (Lipinski definition) is 5. The summed E-state index contributed by atoms with van der Waals surface area (Å²) in [6, 6.07) is 8.10. The largest absolute Gasteiger partial charge is 0.351 e. The molecule has 6 nitrogen and oxygen atoms in total. The second-order valence-electron chi connectivity index (χ2n) is 6.60. The lowest BCUT2D eigenvalue weighted by atomic mass is 10.0. The topological polar surface area (TPSA) is 72.7 Å². The summed E-state index contributed by atoms with van der Waals surface area (Å²) in [5.41, 5.74) is 2.52. The van der Waals surface area contributed by atoms with E-state index in [0.29, 0.717) is 5.16 Å². The molecule has 0 radical (unpaired) electrons. The quantitative estimate of drug-likeness (QED) is 0.685. The first-order valence-corrected chi connectivity index (χ1v) is 9.49.